The molecule has 1 atom stereocenters. The lowest BCUT2D eigenvalue weighted by atomic mass is 10.0. The van der Waals surface area contributed by atoms with Crippen LogP contribution in [0, 0.1) is 5.92 Å². The largest absolute Gasteiger partial charge is 0.497 e. The average molecular weight is 339 g/mol. The molecule has 1 aromatic carbocycles. The summed E-state index contributed by atoms with van der Waals surface area (Å²) in [6.07, 6.45) is 1.95. The lowest BCUT2D eigenvalue weighted by molar-refractivity contribution is -0.142. The van der Waals surface area contributed by atoms with Gasteiger partial charge in [0.2, 0.25) is 0 Å². The Morgan fingerprint density at radius 3 is 2.74 bits per heavy atom. The summed E-state index contributed by atoms with van der Waals surface area (Å²) in [5.74, 6) is 6.41. The number of nitrogens with zero attached hydrogens (tertiary/aromatic N) is 1. The maximum absolute atomic E-state index is 11.3. The molecule has 0 unspecified atom stereocenters. The van der Waals surface area contributed by atoms with Crippen LogP contribution in [-0.2, 0) is 4.79 Å². The van der Waals surface area contributed by atoms with Gasteiger partial charge < -0.3 is 20.6 Å². The Kier molecular flexibility index (Phi) is 7.77. The average Bonchev–Trinajstić information content (AvgIpc) is 2.50. The number of carboxylic acids is 1. The van der Waals surface area contributed by atoms with Gasteiger partial charge in [-0.05, 0) is 30.5 Å². The van der Waals surface area contributed by atoms with Gasteiger partial charge >= 0.3 is 5.97 Å². The number of ether oxygens (including phenoxy) is 1. The van der Waals surface area contributed by atoms with E-state index in [1.165, 1.54) is 23.0 Å². The first-order valence-corrected chi connectivity index (χ1v) is 8.31. The minimum absolute atomic E-state index is 0.225. The van der Waals surface area contributed by atoms with Crippen LogP contribution in [0.15, 0.2) is 41.1 Å². The molecule has 128 valence electrons. The quantitative estimate of drug-likeness (QED) is 0.360. The Hall–Kier alpha value is -1.86. The van der Waals surface area contributed by atoms with Crippen molar-refractivity contribution in [1.82, 2.24) is 5.01 Å². The van der Waals surface area contributed by atoms with Crippen LogP contribution >= 0.6 is 11.8 Å². The van der Waals surface area contributed by atoms with Crippen LogP contribution in [0.4, 0.5) is 0 Å². The minimum atomic E-state index is -0.953. The van der Waals surface area contributed by atoms with Crippen LogP contribution in [0.5, 0.6) is 5.75 Å². The molecule has 0 saturated carbocycles. The molecular weight excluding hydrogens is 314 g/mol. The fraction of sp³-hybridized carbons (Fsp3) is 0.438. The second kappa shape index (κ2) is 9.32. The minimum Gasteiger partial charge on any atom is -0.497 e. The third kappa shape index (κ3) is 6.83. The van der Waals surface area contributed by atoms with Crippen molar-refractivity contribution in [3.63, 3.8) is 0 Å². The summed E-state index contributed by atoms with van der Waals surface area (Å²) in [7, 11) is 1.62. The number of aliphatic carboxylic acids is 1. The van der Waals surface area contributed by atoms with E-state index < -0.39 is 12.0 Å². The maximum atomic E-state index is 11.3. The zero-order valence-electron chi connectivity index (χ0n) is 13.7. The number of hydrazine groups is 1. The van der Waals surface area contributed by atoms with Crippen LogP contribution in [0.25, 0.3) is 0 Å². The summed E-state index contributed by atoms with van der Waals surface area (Å²) < 4.78 is 5.17. The number of carbonyl (C=O) groups is 1. The van der Waals surface area contributed by atoms with Crippen molar-refractivity contribution in [3.05, 3.63) is 36.2 Å². The van der Waals surface area contributed by atoms with Crippen LogP contribution < -0.4 is 16.3 Å². The van der Waals surface area contributed by atoms with Gasteiger partial charge in [0.15, 0.2) is 0 Å². The second-order valence-corrected chi connectivity index (χ2v) is 6.65. The molecule has 0 aliphatic carbocycles. The van der Waals surface area contributed by atoms with Crippen molar-refractivity contribution < 1.29 is 14.6 Å². The number of thioether (sulfide) groups is 1. The fourth-order valence-corrected chi connectivity index (χ4v) is 2.76. The number of hydrogen-bond acceptors (Lipinski definition) is 6. The monoisotopic (exact) mass is 339 g/mol. The SMILES string of the molecule is COc1cccc(SC/C(N)=C/N(N)[C@@H](CC(C)C)C(=O)O)c1. The van der Waals surface area contributed by atoms with Crippen LogP contribution in [0.3, 0.4) is 0 Å². The molecular formula is C16H25N3O3S. The van der Waals surface area contributed by atoms with Crippen LogP contribution in [0.1, 0.15) is 20.3 Å². The molecule has 0 aromatic heterocycles. The van der Waals surface area contributed by atoms with Gasteiger partial charge in [-0.25, -0.2) is 10.6 Å². The van der Waals surface area contributed by atoms with Gasteiger partial charge in [0.05, 0.1) is 7.11 Å². The van der Waals surface area contributed by atoms with Gasteiger partial charge in [-0.2, -0.15) is 0 Å². The van der Waals surface area contributed by atoms with Crippen molar-refractivity contribution in [1.29, 1.82) is 0 Å². The highest BCUT2D eigenvalue weighted by atomic mass is 32.2. The summed E-state index contributed by atoms with van der Waals surface area (Å²) in [6, 6.07) is 6.86. The summed E-state index contributed by atoms with van der Waals surface area (Å²) in [5.41, 5.74) is 6.47. The van der Waals surface area contributed by atoms with E-state index in [0.717, 1.165) is 10.6 Å². The lowest BCUT2D eigenvalue weighted by Crippen LogP contribution is -2.43. The van der Waals surface area contributed by atoms with Gasteiger partial charge in [0, 0.05) is 22.5 Å². The van der Waals surface area contributed by atoms with E-state index >= 15 is 0 Å². The van der Waals surface area contributed by atoms with Crippen molar-refractivity contribution in [2.24, 2.45) is 17.5 Å². The maximum Gasteiger partial charge on any atom is 0.327 e. The molecule has 0 heterocycles. The number of rotatable bonds is 9. The zero-order chi connectivity index (χ0) is 17.4. The molecule has 1 aromatic rings. The van der Waals surface area contributed by atoms with E-state index in [0.29, 0.717) is 17.9 Å². The van der Waals surface area contributed by atoms with E-state index in [2.05, 4.69) is 0 Å². The van der Waals surface area contributed by atoms with Gasteiger partial charge in [-0.15, -0.1) is 11.8 Å². The normalized spacial score (nSPS) is 13.0. The molecule has 1 rings (SSSR count). The second-order valence-electron chi connectivity index (χ2n) is 5.60. The molecule has 23 heavy (non-hydrogen) atoms. The van der Waals surface area contributed by atoms with Crippen molar-refractivity contribution in [2.75, 3.05) is 12.9 Å². The van der Waals surface area contributed by atoms with E-state index in [9.17, 15) is 9.90 Å². The van der Waals surface area contributed by atoms with E-state index in [1.807, 2.05) is 38.1 Å². The Morgan fingerprint density at radius 1 is 1.48 bits per heavy atom. The zero-order valence-corrected chi connectivity index (χ0v) is 14.5. The van der Waals surface area contributed by atoms with Gasteiger partial charge in [0.1, 0.15) is 11.8 Å². The molecule has 5 N–H and O–H groups in total. The predicted octanol–water partition coefficient (Wildman–Crippen LogP) is 2.26. The first-order chi connectivity index (χ1) is 10.8. The van der Waals surface area contributed by atoms with Crippen LogP contribution in [0.2, 0.25) is 0 Å². The first kappa shape index (κ1) is 19.2. The lowest BCUT2D eigenvalue weighted by Gasteiger charge is -2.24. The van der Waals surface area contributed by atoms with Crippen molar-refractivity contribution >= 4 is 17.7 Å². The van der Waals surface area contributed by atoms with Gasteiger partial charge in [-0.3, -0.25) is 0 Å². The summed E-state index contributed by atoms with van der Waals surface area (Å²) in [6.45, 7) is 3.91. The molecule has 7 heteroatoms. The fourth-order valence-electron chi connectivity index (χ4n) is 1.97. The third-order valence-electron chi connectivity index (χ3n) is 3.10. The number of carboxylic acid groups (broad SMARTS) is 1. The topological polar surface area (TPSA) is 102 Å². The molecule has 0 aliphatic rings. The molecule has 0 saturated heterocycles. The smallest absolute Gasteiger partial charge is 0.327 e. The Labute approximate surface area is 141 Å². The summed E-state index contributed by atoms with van der Waals surface area (Å²) in [5, 5.41) is 10.4. The molecule has 0 fully saturated rings. The molecule has 0 spiro atoms. The van der Waals surface area contributed by atoms with E-state index in [4.69, 9.17) is 16.3 Å². The molecule has 0 radical (unpaired) electrons. The van der Waals surface area contributed by atoms with Gasteiger partial charge in [-0.1, -0.05) is 19.9 Å². The number of methoxy groups -OCH3 is 1. The molecule has 6 nitrogen and oxygen atoms in total. The van der Waals surface area contributed by atoms with Crippen molar-refractivity contribution in [3.8, 4) is 5.75 Å². The Bertz CT molecular complexity index is 549. The molecule has 0 amide bonds. The molecule has 0 bridgehead atoms. The Morgan fingerprint density at radius 2 is 2.17 bits per heavy atom. The number of nitrogens with two attached hydrogens (primary N) is 2. The highest BCUT2D eigenvalue weighted by Gasteiger charge is 2.22. The molecule has 0 aliphatic heterocycles. The number of benzene rings is 1. The van der Waals surface area contributed by atoms with E-state index in [-0.39, 0.29) is 5.92 Å². The standard InChI is InChI=1S/C16H25N3O3S/c1-11(2)7-15(16(20)21)19(18)9-12(17)10-23-14-6-4-5-13(8-14)22-3/h4-6,8-9,11,15H,7,10,17-18H2,1-3H3,(H,20,21)/b12-9-/t15-/m0/s1. The Balaban J connectivity index is 2.65. The first-order valence-electron chi connectivity index (χ1n) is 7.32. The highest BCUT2D eigenvalue weighted by Crippen LogP contribution is 2.23. The summed E-state index contributed by atoms with van der Waals surface area (Å²) in [4.78, 5) is 12.3. The number of hydrogen-bond donors (Lipinski definition) is 3. The third-order valence-corrected chi connectivity index (χ3v) is 4.17. The van der Waals surface area contributed by atoms with Gasteiger partial charge in [0.25, 0.3) is 0 Å². The van der Waals surface area contributed by atoms with E-state index in [1.54, 1.807) is 7.11 Å². The van der Waals surface area contributed by atoms with Crippen LogP contribution in [-0.4, -0.2) is 35.0 Å². The summed E-state index contributed by atoms with van der Waals surface area (Å²) >= 11 is 1.53. The van der Waals surface area contributed by atoms with Crippen molar-refractivity contribution in [2.45, 2.75) is 31.2 Å². The predicted molar refractivity (Wildman–Crippen MR) is 92.9 cm³/mol. The highest BCUT2D eigenvalue weighted by molar-refractivity contribution is 7.99.